The lowest BCUT2D eigenvalue weighted by Crippen LogP contribution is -2.47. The molecule has 1 aromatic heterocycles. The molecule has 0 bridgehead atoms. The summed E-state index contributed by atoms with van der Waals surface area (Å²) in [5, 5.41) is 8.21. The van der Waals surface area contributed by atoms with Crippen molar-refractivity contribution in [2.75, 3.05) is 26.2 Å². The first kappa shape index (κ1) is 20.6. The van der Waals surface area contributed by atoms with Crippen molar-refractivity contribution in [3.8, 4) is 0 Å². The summed E-state index contributed by atoms with van der Waals surface area (Å²) in [5.74, 6) is 0.204. The van der Waals surface area contributed by atoms with Gasteiger partial charge >= 0.3 is 0 Å². The minimum atomic E-state index is 0.0851. The molecule has 1 saturated heterocycles. The molecule has 0 unspecified atom stereocenters. The lowest BCUT2D eigenvalue weighted by Gasteiger charge is -2.31. The SMILES string of the molecule is O=C(CN1CCC(NC(=O)CCc2ccccc2)CC1)NCCc1cccs1. The summed E-state index contributed by atoms with van der Waals surface area (Å²) < 4.78 is 0. The van der Waals surface area contributed by atoms with E-state index in [4.69, 9.17) is 0 Å². The lowest BCUT2D eigenvalue weighted by atomic mass is 10.0. The van der Waals surface area contributed by atoms with Crippen LogP contribution in [0.2, 0.25) is 0 Å². The van der Waals surface area contributed by atoms with E-state index in [9.17, 15) is 9.59 Å². The molecule has 1 aromatic carbocycles. The Labute approximate surface area is 171 Å². The maximum absolute atomic E-state index is 12.2. The minimum Gasteiger partial charge on any atom is -0.355 e. The quantitative estimate of drug-likeness (QED) is 0.681. The van der Waals surface area contributed by atoms with E-state index in [0.29, 0.717) is 19.5 Å². The van der Waals surface area contributed by atoms with Crippen LogP contribution in [-0.2, 0) is 22.4 Å². The predicted molar refractivity (Wildman–Crippen MR) is 113 cm³/mol. The monoisotopic (exact) mass is 399 g/mol. The number of benzene rings is 1. The molecule has 2 amide bonds. The van der Waals surface area contributed by atoms with Gasteiger partial charge in [0.15, 0.2) is 0 Å². The Kier molecular flexibility index (Phi) is 8.06. The largest absolute Gasteiger partial charge is 0.355 e. The van der Waals surface area contributed by atoms with Crippen molar-refractivity contribution in [3.05, 3.63) is 58.3 Å². The molecule has 0 saturated carbocycles. The molecule has 28 heavy (non-hydrogen) atoms. The number of piperidine rings is 1. The number of aryl methyl sites for hydroxylation is 1. The number of rotatable bonds is 9. The lowest BCUT2D eigenvalue weighted by molar-refractivity contribution is -0.124. The van der Waals surface area contributed by atoms with Crippen molar-refractivity contribution in [1.29, 1.82) is 0 Å². The van der Waals surface area contributed by atoms with Crippen molar-refractivity contribution in [2.24, 2.45) is 0 Å². The number of carbonyl (C=O) groups is 2. The third kappa shape index (κ3) is 7.09. The topological polar surface area (TPSA) is 61.4 Å². The van der Waals surface area contributed by atoms with E-state index < -0.39 is 0 Å². The molecule has 2 heterocycles. The number of nitrogens with one attached hydrogen (secondary N) is 2. The molecule has 0 radical (unpaired) electrons. The van der Waals surface area contributed by atoms with Crippen LogP contribution in [0.5, 0.6) is 0 Å². The highest BCUT2D eigenvalue weighted by atomic mass is 32.1. The minimum absolute atomic E-state index is 0.0851. The molecule has 2 aromatic rings. The van der Waals surface area contributed by atoms with Gasteiger partial charge in [-0.25, -0.2) is 0 Å². The molecule has 0 spiro atoms. The number of nitrogens with zero attached hydrogens (tertiary/aromatic N) is 1. The van der Waals surface area contributed by atoms with E-state index in [1.165, 1.54) is 10.4 Å². The molecular weight excluding hydrogens is 370 g/mol. The molecule has 0 aliphatic carbocycles. The summed E-state index contributed by atoms with van der Waals surface area (Å²) >= 11 is 1.72. The summed E-state index contributed by atoms with van der Waals surface area (Å²) in [6.07, 6.45) is 3.99. The van der Waals surface area contributed by atoms with Gasteiger partial charge in [-0.05, 0) is 42.7 Å². The third-order valence-corrected chi connectivity index (χ3v) is 6.01. The van der Waals surface area contributed by atoms with Crippen molar-refractivity contribution < 1.29 is 9.59 Å². The Morgan fingerprint density at radius 3 is 2.50 bits per heavy atom. The third-order valence-electron chi connectivity index (χ3n) is 5.08. The van der Waals surface area contributed by atoms with Crippen LogP contribution in [0.1, 0.15) is 29.7 Å². The van der Waals surface area contributed by atoms with E-state index in [1.54, 1.807) is 11.3 Å². The Morgan fingerprint density at radius 2 is 1.79 bits per heavy atom. The van der Waals surface area contributed by atoms with Gasteiger partial charge in [0.25, 0.3) is 0 Å². The number of hydrogen-bond acceptors (Lipinski definition) is 4. The van der Waals surface area contributed by atoms with Gasteiger partial charge in [0.2, 0.25) is 11.8 Å². The van der Waals surface area contributed by atoms with Crippen LogP contribution in [0.15, 0.2) is 47.8 Å². The molecule has 3 rings (SSSR count). The number of thiophene rings is 1. The second kappa shape index (κ2) is 11.0. The molecule has 1 aliphatic heterocycles. The van der Waals surface area contributed by atoms with E-state index in [1.807, 2.05) is 24.3 Å². The average Bonchev–Trinajstić information content (AvgIpc) is 3.22. The van der Waals surface area contributed by atoms with Crippen LogP contribution in [0.4, 0.5) is 0 Å². The fraction of sp³-hybridized carbons (Fsp3) is 0.455. The van der Waals surface area contributed by atoms with Crippen molar-refractivity contribution >= 4 is 23.2 Å². The van der Waals surface area contributed by atoms with Gasteiger partial charge in [-0.15, -0.1) is 11.3 Å². The van der Waals surface area contributed by atoms with Gasteiger partial charge in [0.1, 0.15) is 0 Å². The van der Waals surface area contributed by atoms with Gasteiger partial charge in [-0.1, -0.05) is 36.4 Å². The summed E-state index contributed by atoms with van der Waals surface area (Å²) in [7, 11) is 0. The molecular formula is C22H29N3O2S. The van der Waals surface area contributed by atoms with Gasteiger partial charge in [0.05, 0.1) is 6.54 Å². The Bertz CT molecular complexity index is 726. The van der Waals surface area contributed by atoms with E-state index in [0.717, 1.165) is 38.8 Å². The molecule has 1 fully saturated rings. The van der Waals surface area contributed by atoms with Gasteiger partial charge in [-0.2, -0.15) is 0 Å². The summed E-state index contributed by atoms with van der Waals surface area (Å²) in [5.41, 5.74) is 1.19. The van der Waals surface area contributed by atoms with Crippen LogP contribution >= 0.6 is 11.3 Å². The standard InChI is InChI=1S/C22H29N3O2S/c26-21(9-8-18-5-2-1-3-6-18)24-19-11-14-25(15-12-19)17-22(27)23-13-10-20-7-4-16-28-20/h1-7,16,19H,8-15,17H2,(H,23,27)(H,24,26). The number of likely N-dealkylation sites (tertiary alicyclic amines) is 1. The molecule has 5 nitrogen and oxygen atoms in total. The van der Waals surface area contributed by atoms with Crippen LogP contribution in [0.3, 0.4) is 0 Å². The van der Waals surface area contributed by atoms with Gasteiger partial charge < -0.3 is 10.6 Å². The number of carbonyl (C=O) groups excluding carboxylic acids is 2. The first-order valence-corrected chi connectivity index (χ1v) is 10.9. The number of amides is 2. The Balaban J connectivity index is 1.27. The van der Waals surface area contributed by atoms with Gasteiger partial charge in [-0.3, -0.25) is 14.5 Å². The summed E-state index contributed by atoms with van der Waals surface area (Å²) in [4.78, 5) is 27.7. The Morgan fingerprint density at radius 1 is 1.00 bits per heavy atom. The first-order valence-electron chi connectivity index (χ1n) is 10.0. The molecule has 0 atom stereocenters. The van der Waals surface area contributed by atoms with Crippen molar-refractivity contribution in [3.63, 3.8) is 0 Å². The highest BCUT2D eigenvalue weighted by molar-refractivity contribution is 7.09. The molecule has 6 heteroatoms. The summed E-state index contributed by atoms with van der Waals surface area (Å²) in [6, 6.07) is 14.4. The second-order valence-electron chi connectivity index (χ2n) is 7.28. The van der Waals surface area contributed by atoms with Crippen LogP contribution in [0, 0.1) is 0 Å². The molecule has 1 aliphatic rings. The van der Waals surface area contributed by atoms with E-state index >= 15 is 0 Å². The fourth-order valence-electron chi connectivity index (χ4n) is 3.48. The zero-order valence-electron chi connectivity index (χ0n) is 16.2. The molecule has 150 valence electrons. The van der Waals surface area contributed by atoms with E-state index in [2.05, 4.69) is 39.1 Å². The van der Waals surface area contributed by atoms with Crippen LogP contribution in [0.25, 0.3) is 0 Å². The van der Waals surface area contributed by atoms with Crippen LogP contribution in [-0.4, -0.2) is 48.9 Å². The fourth-order valence-corrected chi connectivity index (χ4v) is 4.19. The predicted octanol–water partition coefficient (Wildman–Crippen LogP) is 2.62. The highest BCUT2D eigenvalue weighted by Gasteiger charge is 2.21. The Hall–Kier alpha value is -2.18. The smallest absolute Gasteiger partial charge is 0.234 e. The maximum Gasteiger partial charge on any atom is 0.234 e. The second-order valence-corrected chi connectivity index (χ2v) is 8.32. The highest BCUT2D eigenvalue weighted by Crippen LogP contribution is 2.11. The summed E-state index contributed by atoms with van der Waals surface area (Å²) in [6.45, 7) is 2.83. The van der Waals surface area contributed by atoms with E-state index in [-0.39, 0.29) is 17.9 Å². The van der Waals surface area contributed by atoms with Gasteiger partial charge in [0, 0.05) is 37.0 Å². The van der Waals surface area contributed by atoms with Crippen LogP contribution < -0.4 is 10.6 Å². The van der Waals surface area contributed by atoms with Crippen molar-refractivity contribution in [2.45, 2.75) is 38.1 Å². The average molecular weight is 400 g/mol. The van der Waals surface area contributed by atoms with Crippen molar-refractivity contribution in [1.82, 2.24) is 15.5 Å². The maximum atomic E-state index is 12.2. The molecule has 2 N–H and O–H groups in total. The zero-order valence-corrected chi connectivity index (χ0v) is 17.0. The zero-order chi connectivity index (χ0) is 19.6. The first-order chi connectivity index (χ1) is 13.7. The normalized spacial score (nSPS) is 15.3. The number of hydrogen-bond donors (Lipinski definition) is 2.